The molecule has 1 N–H and O–H groups in total. The standard InChI is InChI=1S/C9H13N3O2S/c1-6-10-11-9(15-6)12(7-2-3-7)5-4-8(13)14/h7H,2-5H2,1H3,(H,13,14). The minimum absolute atomic E-state index is 0.162. The van der Waals surface area contributed by atoms with Crippen LogP contribution in [-0.2, 0) is 4.79 Å². The van der Waals surface area contributed by atoms with Crippen molar-refractivity contribution in [3.05, 3.63) is 5.01 Å². The number of carboxylic acids is 1. The maximum atomic E-state index is 10.5. The first kappa shape index (κ1) is 10.4. The predicted molar refractivity (Wildman–Crippen MR) is 57.3 cm³/mol. The third-order valence-corrected chi connectivity index (χ3v) is 3.19. The second kappa shape index (κ2) is 4.14. The SMILES string of the molecule is Cc1nnc(N(CCC(=O)O)C2CC2)s1. The summed E-state index contributed by atoms with van der Waals surface area (Å²) < 4.78 is 0. The van der Waals surface area contributed by atoms with Crippen molar-refractivity contribution in [1.29, 1.82) is 0 Å². The minimum Gasteiger partial charge on any atom is -0.481 e. The fourth-order valence-electron chi connectivity index (χ4n) is 1.44. The molecule has 1 aliphatic rings. The van der Waals surface area contributed by atoms with Gasteiger partial charge in [0.1, 0.15) is 5.01 Å². The van der Waals surface area contributed by atoms with Crippen molar-refractivity contribution in [3.8, 4) is 0 Å². The van der Waals surface area contributed by atoms with Crippen molar-refractivity contribution in [1.82, 2.24) is 10.2 Å². The molecule has 5 nitrogen and oxygen atoms in total. The van der Waals surface area contributed by atoms with E-state index in [1.54, 1.807) is 0 Å². The molecule has 0 spiro atoms. The number of rotatable bonds is 5. The number of anilines is 1. The lowest BCUT2D eigenvalue weighted by Gasteiger charge is -2.19. The number of hydrogen-bond donors (Lipinski definition) is 1. The highest BCUT2D eigenvalue weighted by molar-refractivity contribution is 7.15. The van der Waals surface area contributed by atoms with Crippen LogP contribution in [0.4, 0.5) is 5.13 Å². The smallest absolute Gasteiger partial charge is 0.305 e. The number of nitrogens with zero attached hydrogens (tertiary/aromatic N) is 3. The van der Waals surface area contributed by atoms with E-state index in [0.717, 1.165) is 23.0 Å². The fourth-order valence-corrected chi connectivity index (χ4v) is 2.22. The Balaban J connectivity index is 2.02. The number of aromatic nitrogens is 2. The summed E-state index contributed by atoms with van der Waals surface area (Å²) in [4.78, 5) is 12.6. The fraction of sp³-hybridized carbons (Fsp3) is 0.667. The Morgan fingerprint density at radius 1 is 1.60 bits per heavy atom. The van der Waals surface area contributed by atoms with Gasteiger partial charge in [0.05, 0.1) is 6.42 Å². The summed E-state index contributed by atoms with van der Waals surface area (Å²) in [7, 11) is 0. The number of carbonyl (C=O) groups is 1. The monoisotopic (exact) mass is 227 g/mol. The molecule has 6 heteroatoms. The quantitative estimate of drug-likeness (QED) is 0.821. The second-order valence-electron chi connectivity index (χ2n) is 3.67. The molecule has 0 bridgehead atoms. The topological polar surface area (TPSA) is 66.3 Å². The van der Waals surface area contributed by atoms with Crippen LogP contribution < -0.4 is 4.90 Å². The molecule has 15 heavy (non-hydrogen) atoms. The molecule has 0 saturated heterocycles. The zero-order valence-corrected chi connectivity index (χ0v) is 9.33. The Hall–Kier alpha value is -1.17. The van der Waals surface area contributed by atoms with E-state index in [1.165, 1.54) is 11.3 Å². The van der Waals surface area contributed by atoms with Gasteiger partial charge in [-0.05, 0) is 19.8 Å². The lowest BCUT2D eigenvalue weighted by molar-refractivity contribution is -0.136. The molecule has 0 radical (unpaired) electrons. The maximum Gasteiger partial charge on any atom is 0.305 e. The molecule has 0 aromatic carbocycles. The second-order valence-corrected chi connectivity index (χ2v) is 4.83. The van der Waals surface area contributed by atoms with Crippen LogP contribution in [0.3, 0.4) is 0 Å². The van der Waals surface area contributed by atoms with Crippen LogP contribution in [0, 0.1) is 6.92 Å². The van der Waals surface area contributed by atoms with E-state index in [9.17, 15) is 4.79 Å². The summed E-state index contributed by atoms with van der Waals surface area (Å²) in [5, 5.41) is 18.4. The minimum atomic E-state index is -0.762. The van der Waals surface area contributed by atoms with Crippen molar-refractivity contribution in [3.63, 3.8) is 0 Å². The summed E-state index contributed by atoms with van der Waals surface area (Å²) in [6.07, 6.45) is 2.44. The highest BCUT2D eigenvalue weighted by atomic mass is 32.1. The first-order valence-electron chi connectivity index (χ1n) is 4.95. The average molecular weight is 227 g/mol. The van der Waals surface area contributed by atoms with Crippen molar-refractivity contribution in [2.45, 2.75) is 32.2 Å². The van der Waals surface area contributed by atoms with E-state index >= 15 is 0 Å². The highest BCUT2D eigenvalue weighted by Crippen LogP contribution is 2.33. The van der Waals surface area contributed by atoms with Gasteiger partial charge in [-0.25, -0.2) is 0 Å². The predicted octanol–water partition coefficient (Wildman–Crippen LogP) is 1.29. The lowest BCUT2D eigenvalue weighted by atomic mass is 10.4. The van der Waals surface area contributed by atoms with Gasteiger partial charge >= 0.3 is 5.97 Å². The molecule has 0 atom stereocenters. The van der Waals surface area contributed by atoms with E-state index in [4.69, 9.17) is 5.11 Å². The van der Waals surface area contributed by atoms with E-state index in [2.05, 4.69) is 15.1 Å². The molecule has 1 aromatic heterocycles. The molecule has 0 amide bonds. The maximum absolute atomic E-state index is 10.5. The number of aliphatic carboxylic acids is 1. The Labute approximate surface area is 91.7 Å². The van der Waals surface area contributed by atoms with Gasteiger partial charge in [0.15, 0.2) is 0 Å². The van der Waals surface area contributed by atoms with Crippen LogP contribution in [0.2, 0.25) is 0 Å². The average Bonchev–Trinajstić information content (AvgIpc) is 2.90. The Kier molecular flexibility index (Phi) is 2.86. The van der Waals surface area contributed by atoms with Gasteiger partial charge in [-0.15, -0.1) is 10.2 Å². The lowest BCUT2D eigenvalue weighted by Crippen LogP contribution is -2.28. The van der Waals surface area contributed by atoms with Crippen LogP contribution in [-0.4, -0.2) is 33.9 Å². The van der Waals surface area contributed by atoms with Gasteiger partial charge in [0.25, 0.3) is 0 Å². The molecular formula is C9H13N3O2S. The third kappa shape index (κ3) is 2.65. The zero-order valence-electron chi connectivity index (χ0n) is 8.51. The highest BCUT2D eigenvalue weighted by Gasteiger charge is 2.31. The van der Waals surface area contributed by atoms with Gasteiger partial charge < -0.3 is 10.0 Å². The first-order valence-corrected chi connectivity index (χ1v) is 5.77. The van der Waals surface area contributed by atoms with Crippen molar-refractivity contribution < 1.29 is 9.90 Å². The van der Waals surface area contributed by atoms with Gasteiger partial charge in [0.2, 0.25) is 5.13 Å². The van der Waals surface area contributed by atoms with Crippen LogP contribution in [0.5, 0.6) is 0 Å². The Morgan fingerprint density at radius 2 is 2.33 bits per heavy atom. The number of carboxylic acid groups (broad SMARTS) is 1. The Morgan fingerprint density at radius 3 is 2.80 bits per heavy atom. The molecular weight excluding hydrogens is 214 g/mol. The van der Waals surface area contributed by atoms with Crippen LogP contribution >= 0.6 is 11.3 Å². The van der Waals surface area contributed by atoms with Gasteiger partial charge in [0, 0.05) is 12.6 Å². The van der Waals surface area contributed by atoms with Crippen molar-refractivity contribution >= 4 is 22.4 Å². The molecule has 1 aliphatic carbocycles. The Bertz CT molecular complexity index is 362. The summed E-state index contributed by atoms with van der Waals surface area (Å²) in [6.45, 7) is 2.44. The normalized spacial score (nSPS) is 15.3. The molecule has 1 heterocycles. The van der Waals surface area contributed by atoms with E-state index in [0.29, 0.717) is 12.6 Å². The summed E-state index contributed by atoms with van der Waals surface area (Å²) in [5.74, 6) is -0.762. The number of aryl methyl sites for hydroxylation is 1. The summed E-state index contributed by atoms with van der Waals surface area (Å²) in [6, 6.07) is 0.483. The van der Waals surface area contributed by atoms with Crippen LogP contribution in [0.25, 0.3) is 0 Å². The van der Waals surface area contributed by atoms with Gasteiger partial charge in [-0.1, -0.05) is 11.3 Å². The van der Waals surface area contributed by atoms with Crippen LogP contribution in [0.15, 0.2) is 0 Å². The molecule has 2 rings (SSSR count). The molecule has 82 valence electrons. The summed E-state index contributed by atoms with van der Waals surface area (Å²) in [5.41, 5.74) is 0. The summed E-state index contributed by atoms with van der Waals surface area (Å²) >= 11 is 1.53. The molecule has 1 aromatic rings. The van der Waals surface area contributed by atoms with Crippen LogP contribution in [0.1, 0.15) is 24.3 Å². The molecule has 1 saturated carbocycles. The largest absolute Gasteiger partial charge is 0.481 e. The zero-order chi connectivity index (χ0) is 10.8. The van der Waals surface area contributed by atoms with E-state index in [-0.39, 0.29) is 6.42 Å². The van der Waals surface area contributed by atoms with Gasteiger partial charge in [-0.2, -0.15) is 0 Å². The van der Waals surface area contributed by atoms with E-state index in [1.807, 2.05) is 6.92 Å². The first-order chi connectivity index (χ1) is 7.16. The third-order valence-electron chi connectivity index (χ3n) is 2.32. The van der Waals surface area contributed by atoms with Crippen molar-refractivity contribution in [2.24, 2.45) is 0 Å². The molecule has 1 fully saturated rings. The van der Waals surface area contributed by atoms with Crippen molar-refractivity contribution in [2.75, 3.05) is 11.4 Å². The molecule has 0 aliphatic heterocycles. The number of hydrogen-bond acceptors (Lipinski definition) is 5. The van der Waals surface area contributed by atoms with Gasteiger partial charge in [-0.3, -0.25) is 4.79 Å². The van der Waals surface area contributed by atoms with E-state index < -0.39 is 5.97 Å². The molecule has 0 unspecified atom stereocenters.